The second kappa shape index (κ2) is 4.42. The summed E-state index contributed by atoms with van der Waals surface area (Å²) in [5.74, 6) is 1.52. The molecule has 0 saturated heterocycles. The Bertz CT molecular complexity index is 587. The van der Waals surface area contributed by atoms with Crippen LogP contribution in [0.25, 0.3) is 0 Å². The summed E-state index contributed by atoms with van der Waals surface area (Å²) in [6.45, 7) is 1.68. The highest BCUT2D eigenvalue weighted by Crippen LogP contribution is 2.35. The van der Waals surface area contributed by atoms with Gasteiger partial charge in [0.05, 0.1) is 13.1 Å². The highest BCUT2D eigenvalue weighted by atomic mass is 15.5. The lowest BCUT2D eigenvalue weighted by Gasteiger charge is -2.29. The van der Waals surface area contributed by atoms with Crippen LogP contribution in [-0.4, -0.2) is 26.2 Å². The minimum absolute atomic E-state index is 0.569. The van der Waals surface area contributed by atoms with Crippen LogP contribution in [0.1, 0.15) is 35.7 Å². The normalized spacial score (nSPS) is 20.9. The summed E-state index contributed by atoms with van der Waals surface area (Å²) in [5.41, 5.74) is 2.93. The molecule has 0 radical (unpaired) electrons. The molecule has 1 unspecified atom stereocenters. The van der Waals surface area contributed by atoms with Crippen molar-refractivity contribution < 1.29 is 0 Å². The molecule has 5 heteroatoms. The standard InChI is InChI=1S/C14H17N5/c1-2-4-13-10(3-1)7-11(13)9-19-14(16-17-18-19)8-15-12-5-6-12/h1-4,11-12,15H,5-9H2. The van der Waals surface area contributed by atoms with Gasteiger partial charge in [0, 0.05) is 12.0 Å². The maximum Gasteiger partial charge on any atom is 0.165 e. The summed E-state index contributed by atoms with van der Waals surface area (Å²) in [7, 11) is 0. The molecule has 5 nitrogen and oxygen atoms in total. The van der Waals surface area contributed by atoms with Gasteiger partial charge in [-0.2, -0.15) is 0 Å². The van der Waals surface area contributed by atoms with Gasteiger partial charge in [0.1, 0.15) is 0 Å². The Kier molecular flexibility index (Phi) is 2.58. The van der Waals surface area contributed by atoms with Crippen molar-refractivity contribution in [2.75, 3.05) is 0 Å². The first-order valence-electron chi connectivity index (χ1n) is 6.96. The number of hydrogen-bond donors (Lipinski definition) is 1. The van der Waals surface area contributed by atoms with Crippen molar-refractivity contribution in [1.29, 1.82) is 0 Å². The van der Waals surface area contributed by atoms with Crippen molar-refractivity contribution in [2.45, 2.75) is 44.3 Å². The lowest BCUT2D eigenvalue weighted by molar-refractivity contribution is 0.447. The Hall–Kier alpha value is -1.75. The third-order valence-corrected chi connectivity index (χ3v) is 4.09. The fourth-order valence-corrected chi connectivity index (χ4v) is 2.75. The lowest BCUT2D eigenvalue weighted by Crippen LogP contribution is -2.25. The van der Waals surface area contributed by atoms with E-state index in [4.69, 9.17) is 0 Å². The molecule has 1 aromatic carbocycles. The van der Waals surface area contributed by atoms with Gasteiger partial charge in [-0.15, -0.1) is 5.10 Å². The average molecular weight is 255 g/mol. The van der Waals surface area contributed by atoms with Crippen LogP contribution in [-0.2, 0) is 19.5 Å². The Labute approximate surface area is 112 Å². The van der Waals surface area contributed by atoms with Crippen LogP contribution in [0.15, 0.2) is 24.3 Å². The Balaban J connectivity index is 1.44. The Morgan fingerprint density at radius 1 is 1.26 bits per heavy atom. The fraction of sp³-hybridized carbons (Fsp3) is 0.500. The number of nitrogens with one attached hydrogen (secondary N) is 1. The molecule has 2 aliphatic carbocycles. The van der Waals surface area contributed by atoms with Gasteiger partial charge in [-0.1, -0.05) is 24.3 Å². The van der Waals surface area contributed by atoms with E-state index in [9.17, 15) is 0 Å². The van der Waals surface area contributed by atoms with Crippen LogP contribution in [0.3, 0.4) is 0 Å². The van der Waals surface area contributed by atoms with Gasteiger partial charge >= 0.3 is 0 Å². The van der Waals surface area contributed by atoms with E-state index in [-0.39, 0.29) is 0 Å². The van der Waals surface area contributed by atoms with E-state index in [0.29, 0.717) is 12.0 Å². The van der Waals surface area contributed by atoms with Crippen LogP contribution in [0, 0.1) is 0 Å². The summed E-state index contributed by atoms with van der Waals surface area (Å²) in [6.07, 6.45) is 3.72. The minimum atomic E-state index is 0.569. The van der Waals surface area contributed by atoms with E-state index < -0.39 is 0 Å². The number of benzene rings is 1. The zero-order chi connectivity index (χ0) is 12.7. The maximum absolute atomic E-state index is 4.12. The van der Waals surface area contributed by atoms with Gasteiger partial charge < -0.3 is 5.32 Å². The summed E-state index contributed by atoms with van der Waals surface area (Å²) in [6, 6.07) is 9.34. The molecule has 2 aromatic rings. The van der Waals surface area contributed by atoms with E-state index in [1.165, 1.54) is 24.0 Å². The highest BCUT2D eigenvalue weighted by Gasteiger charge is 2.27. The third-order valence-electron chi connectivity index (χ3n) is 4.09. The molecular formula is C14H17N5. The summed E-state index contributed by atoms with van der Waals surface area (Å²) >= 11 is 0. The van der Waals surface area contributed by atoms with Gasteiger partial charge in [-0.3, -0.25) is 0 Å². The van der Waals surface area contributed by atoms with Gasteiger partial charge in [-0.05, 0) is 40.8 Å². The van der Waals surface area contributed by atoms with Crippen LogP contribution in [0.2, 0.25) is 0 Å². The topological polar surface area (TPSA) is 55.6 Å². The van der Waals surface area contributed by atoms with Crippen LogP contribution >= 0.6 is 0 Å². The summed E-state index contributed by atoms with van der Waals surface area (Å²) in [4.78, 5) is 0. The zero-order valence-electron chi connectivity index (χ0n) is 10.8. The Morgan fingerprint density at radius 2 is 2.16 bits per heavy atom. The van der Waals surface area contributed by atoms with Gasteiger partial charge in [-0.25, -0.2) is 4.68 Å². The molecular weight excluding hydrogens is 238 g/mol. The molecule has 0 spiro atoms. The number of hydrogen-bond acceptors (Lipinski definition) is 4. The molecule has 0 amide bonds. The number of rotatable bonds is 5. The van der Waals surface area contributed by atoms with Gasteiger partial charge in [0.25, 0.3) is 0 Å². The van der Waals surface area contributed by atoms with Gasteiger partial charge in [0.2, 0.25) is 0 Å². The van der Waals surface area contributed by atoms with Crippen LogP contribution < -0.4 is 5.32 Å². The van der Waals surface area contributed by atoms with Crippen molar-refractivity contribution in [1.82, 2.24) is 25.5 Å². The van der Waals surface area contributed by atoms with Crippen molar-refractivity contribution in [3.05, 3.63) is 41.2 Å². The van der Waals surface area contributed by atoms with E-state index >= 15 is 0 Å². The number of tetrazole rings is 1. The van der Waals surface area contributed by atoms with E-state index in [1.807, 2.05) is 4.68 Å². The van der Waals surface area contributed by atoms with Gasteiger partial charge in [0.15, 0.2) is 5.82 Å². The number of aromatic nitrogens is 4. The maximum atomic E-state index is 4.12. The molecule has 2 aliphatic rings. The summed E-state index contributed by atoms with van der Waals surface area (Å²) in [5, 5.41) is 15.5. The fourth-order valence-electron chi connectivity index (χ4n) is 2.75. The summed E-state index contributed by atoms with van der Waals surface area (Å²) < 4.78 is 1.95. The quantitative estimate of drug-likeness (QED) is 0.874. The molecule has 1 saturated carbocycles. The molecule has 1 aromatic heterocycles. The molecule has 0 aliphatic heterocycles. The van der Waals surface area contributed by atoms with E-state index in [1.54, 1.807) is 0 Å². The van der Waals surface area contributed by atoms with Crippen molar-refractivity contribution in [3.8, 4) is 0 Å². The average Bonchev–Trinajstić information content (AvgIpc) is 3.13. The molecule has 0 bridgehead atoms. The van der Waals surface area contributed by atoms with Crippen molar-refractivity contribution in [2.24, 2.45) is 0 Å². The first-order valence-corrected chi connectivity index (χ1v) is 6.96. The van der Waals surface area contributed by atoms with E-state index in [2.05, 4.69) is 45.1 Å². The second-order valence-electron chi connectivity index (χ2n) is 5.53. The number of fused-ring (bicyclic) bond motifs is 1. The molecule has 1 N–H and O–H groups in total. The highest BCUT2D eigenvalue weighted by molar-refractivity contribution is 5.39. The van der Waals surface area contributed by atoms with Crippen LogP contribution in [0.4, 0.5) is 0 Å². The molecule has 4 rings (SSSR count). The molecule has 98 valence electrons. The largest absolute Gasteiger partial charge is 0.307 e. The van der Waals surface area contributed by atoms with Crippen LogP contribution in [0.5, 0.6) is 0 Å². The third kappa shape index (κ3) is 2.14. The monoisotopic (exact) mass is 255 g/mol. The van der Waals surface area contributed by atoms with Crippen molar-refractivity contribution >= 4 is 0 Å². The predicted molar refractivity (Wildman–Crippen MR) is 70.6 cm³/mol. The number of nitrogens with zero attached hydrogens (tertiary/aromatic N) is 4. The molecule has 1 fully saturated rings. The molecule has 19 heavy (non-hydrogen) atoms. The smallest absolute Gasteiger partial charge is 0.165 e. The minimum Gasteiger partial charge on any atom is -0.307 e. The van der Waals surface area contributed by atoms with Crippen molar-refractivity contribution in [3.63, 3.8) is 0 Å². The molecule has 1 heterocycles. The second-order valence-corrected chi connectivity index (χ2v) is 5.53. The lowest BCUT2D eigenvalue weighted by atomic mass is 9.78. The zero-order valence-corrected chi connectivity index (χ0v) is 10.8. The first-order chi connectivity index (χ1) is 9.40. The first kappa shape index (κ1) is 11.1. The predicted octanol–water partition coefficient (Wildman–Crippen LogP) is 1.26. The SMILES string of the molecule is c1ccc2c(c1)CC2Cn1nnnc1CNC1CC1. The van der Waals surface area contributed by atoms with E-state index in [0.717, 1.165) is 25.3 Å². The Morgan fingerprint density at radius 3 is 3.00 bits per heavy atom. The molecule has 1 atom stereocenters.